The van der Waals surface area contributed by atoms with Crippen molar-refractivity contribution in [2.45, 2.75) is 19.4 Å². The fraction of sp³-hybridized carbons (Fsp3) is 0.238. The molecule has 0 aromatic heterocycles. The van der Waals surface area contributed by atoms with Crippen molar-refractivity contribution >= 4 is 23.6 Å². The summed E-state index contributed by atoms with van der Waals surface area (Å²) < 4.78 is 5.51. The summed E-state index contributed by atoms with van der Waals surface area (Å²) in [6.07, 6.45) is 0.632. The number of carbonyl (C=O) groups excluding carboxylic acids is 2. The van der Waals surface area contributed by atoms with Crippen molar-refractivity contribution in [3.63, 3.8) is 0 Å². The summed E-state index contributed by atoms with van der Waals surface area (Å²) in [6, 6.07) is 16.0. The van der Waals surface area contributed by atoms with Gasteiger partial charge in [0.25, 0.3) is 0 Å². The number of carbonyl (C=O) groups is 2. The number of allylic oxidation sites excluding steroid dienone is 1. The summed E-state index contributed by atoms with van der Waals surface area (Å²) in [5.41, 5.74) is 2.87. The molecular weight excluding hydrogens is 364 g/mol. The Bertz CT molecular complexity index is 863. The molecule has 1 heterocycles. The van der Waals surface area contributed by atoms with E-state index in [1.165, 1.54) is 4.90 Å². The third-order valence-electron chi connectivity index (χ3n) is 4.64. The van der Waals surface area contributed by atoms with Crippen molar-refractivity contribution in [1.29, 1.82) is 0 Å². The van der Waals surface area contributed by atoms with Crippen LogP contribution in [-0.4, -0.2) is 30.6 Å². The largest absolute Gasteiger partial charge is 0.462 e. The van der Waals surface area contributed by atoms with Gasteiger partial charge in [0.15, 0.2) is 0 Å². The number of nitrogens with zero attached hydrogens (tertiary/aromatic N) is 1. The first-order chi connectivity index (χ1) is 13.0. The standard InChI is InChI=1S/C21H21ClN2O3/c1-14-18(20(25)27-13-12-15-6-4-3-5-7-15)19(23-21(26)24(14)2)16-8-10-17(22)11-9-16/h3-11,19H,12-13H2,1-2H3,(H,23,26). The van der Waals surface area contributed by atoms with Gasteiger partial charge in [-0.15, -0.1) is 0 Å². The second kappa shape index (κ2) is 8.27. The molecular formula is C21H21ClN2O3. The number of amides is 2. The van der Waals surface area contributed by atoms with Gasteiger partial charge in [0.1, 0.15) is 0 Å². The monoisotopic (exact) mass is 384 g/mol. The number of ether oxygens (including phenoxy) is 1. The van der Waals surface area contributed by atoms with Crippen LogP contribution in [0, 0.1) is 0 Å². The first-order valence-electron chi connectivity index (χ1n) is 8.69. The van der Waals surface area contributed by atoms with Crippen LogP contribution in [0.5, 0.6) is 0 Å². The van der Waals surface area contributed by atoms with Gasteiger partial charge in [-0.2, -0.15) is 0 Å². The number of hydrogen-bond acceptors (Lipinski definition) is 3. The summed E-state index contributed by atoms with van der Waals surface area (Å²) in [7, 11) is 1.62. The minimum absolute atomic E-state index is 0.268. The molecule has 27 heavy (non-hydrogen) atoms. The molecule has 0 fully saturated rings. The minimum Gasteiger partial charge on any atom is -0.462 e. The summed E-state index contributed by atoms with van der Waals surface area (Å²) in [5, 5.41) is 3.45. The van der Waals surface area contributed by atoms with Crippen LogP contribution in [0.1, 0.15) is 24.1 Å². The lowest BCUT2D eigenvalue weighted by Crippen LogP contribution is -2.46. The lowest BCUT2D eigenvalue weighted by Gasteiger charge is -2.33. The quantitative estimate of drug-likeness (QED) is 0.789. The van der Waals surface area contributed by atoms with E-state index in [2.05, 4.69) is 5.32 Å². The molecule has 0 aliphatic carbocycles. The second-order valence-corrected chi connectivity index (χ2v) is 6.80. The Labute approximate surface area is 163 Å². The molecule has 3 rings (SSSR count). The molecule has 1 aliphatic heterocycles. The Balaban J connectivity index is 1.80. The van der Waals surface area contributed by atoms with Gasteiger partial charge < -0.3 is 15.0 Å². The van der Waals surface area contributed by atoms with Gasteiger partial charge in [0, 0.05) is 24.2 Å². The van der Waals surface area contributed by atoms with Crippen molar-refractivity contribution in [3.05, 3.63) is 82.0 Å². The molecule has 0 spiro atoms. The first-order valence-corrected chi connectivity index (χ1v) is 9.06. The molecule has 2 aromatic rings. The highest BCUT2D eigenvalue weighted by Crippen LogP contribution is 2.31. The normalized spacial score (nSPS) is 16.9. The molecule has 140 valence electrons. The van der Waals surface area contributed by atoms with E-state index in [9.17, 15) is 9.59 Å². The van der Waals surface area contributed by atoms with Gasteiger partial charge in [-0.1, -0.05) is 54.1 Å². The fourth-order valence-electron chi connectivity index (χ4n) is 2.99. The molecule has 5 nitrogen and oxygen atoms in total. The van der Waals surface area contributed by atoms with Crippen LogP contribution in [0.2, 0.25) is 5.02 Å². The van der Waals surface area contributed by atoms with Crippen LogP contribution in [0.25, 0.3) is 0 Å². The highest BCUT2D eigenvalue weighted by atomic mass is 35.5. The first kappa shape index (κ1) is 19.0. The Morgan fingerprint density at radius 2 is 1.81 bits per heavy atom. The molecule has 1 atom stereocenters. The number of nitrogens with one attached hydrogen (secondary N) is 1. The Hall–Kier alpha value is -2.79. The van der Waals surface area contributed by atoms with Gasteiger partial charge >= 0.3 is 12.0 Å². The molecule has 1 aliphatic rings. The van der Waals surface area contributed by atoms with E-state index in [0.29, 0.717) is 22.7 Å². The van der Waals surface area contributed by atoms with Gasteiger partial charge in [-0.3, -0.25) is 0 Å². The number of halogens is 1. The molecule has 0 radical (unpaired) electrons. The highest BCUT2D eigenvalue weighted by Gasteiger charge is 2.34. The maximum absolute atomic E-state index is 12.8. The van der Waals surface area contributed by atoms with Crippen molar-refractivity contribution in [2.24, 2.45) is 0 Å². The van der Waals surface area contributed by atoms with Crippen LogP contribution in [0.3, 0.4) is 0 Å². The number of esters is 1. The molecule has 2 amide bonds. The average Bonchev–Trinajstić information content (AvgIpc) is 2.67. The highest BCUT2D eigenvalue weighted by molar-refractivity contribution is 6.30. The zero-order chi connectivity index (χ0) is 19.4. The van der Waals surface area contributed by atoms with Crippen LogP contribution in [0.15, 0.2) is 65.9 Å². The number of hydrogen-bond donors (Lipinski definition) is 1. The van der Waals surface area contributed by atoms with E-state index in [4.69, 9.17) is 16.3 Å². The van der Waals surface area contributed by atoms with Crippen molar-refractivity contribution in [1.82, 2.24) is 10.2 Å². The van der Waals surface area contributed by atoms with Crippen LogP contribution in [0.4, 0.5) is 4.79 Å². The van der Waals surface area contributed by atoms with Crippen LogP contribution < -0.4 is 5.32 Å². The fourth-order valence-corrected chi connectivity index (χ4v) is 3.12. The molecule has 0 saturated heterocycles. The molecule has 6 heteroatoms. The molecule has 1 N–H and O–H groups in total. The van der Waals surface area contributed by atoms with Crippen molar-refractivity contribution < 1.29 is 14.3 Å². The Morgan fingerprint density at radius 3 is 2.48 bits per heavy atom. The SMILES string of the molecule is CC1=C(C(=O)OCCc2ccccc2)C(c2ccc(Cl)cc2)NC(=O)N1C. The van der Waals surface area contributed by atoms with Gasteiger partial charge in [-0.05, 0) is 30.2 Å². The molecule has 2 aromatic carbocycles. The lowest BCUT2D eigenvalue weighted by molar-refractivity contribution is -0.139. The third kappa shape index (κ3) is 4.31. The van der Waals surface area contributed by atoms with Crippen molar-refractivity contribution in [3.8, 4) is 0 Å². The zero-order valence-corrected chi connectivity index (χ0v) is 16.0. The number of urea groups is 1. The minimum atomic E-state index is -0.574. The van der Waals surface area contributed by atoms with Crippen LogP contribution >= 0.6 is 11.6 Å². The van der Waals surface area contributed by atoms with Gasteiger partial charge in [0.05, 0.1) is 18.2 Å². The van der Waals surface area contributed by atoms with E-state index in [0.717, 1.165) is 11.1 Å². The number of rotatable bonds is 5. The number of benzene rings is 2. The molecule has 0 bridgehead atoms. The van der Waals surface area contributed by atoms with Gasteiger partial charge in [-0.25, -0.2) is 9.59 Å². The lowest BCUT2D eigenvalue weighted by atomic mass is 9.95. The Morgan fingerprint density at radius 1 is 1.15 bits per heavy atom. The van der Waals surface area contributed by atoms with Crippen LogP contribution in [-0.2, 0) is 16.0 Å². The second-order valence-electron chi connectivity index (χ2n) is 6.36. The smallest absolute Gasteiger partial charge is 0.338 e. The summed E-state index contributed by atoms with van der Waals surface area (Å²) in [4.78, 5) is 26.5. The Kier molecular flexibility index (Phi) is 5.81. The predicted molar refractivity (Wildman–Crippen MR) is 104 cm³/mol. The summed E-state index contributed by atoms with van der Waals surface area (Å²) >= 11 is 5.96. The van der Waals surface area contributed by atoms with E-state index in [1.54, 1.807) is 38.2 Å². The van der Waals surface area contributed by atoms with Gasteiger partial charge in [0.2, 0.25) is 0 Å². The average molecular weight is 385 g/mol. The van der Waals surface area contributed by atoms with E-state index in [-0.39, 0.29) is 12.6 Å². The summed E-state index contributed by atoms with van der Waals surface area (Å²) in [5.74, 6) is -0.435. The maximum atomic E-state index is 12.8. The van der Waals surface area contributed by atoms with E-state index >= 15 is 0 Å². The predicted octanol–water partition coefficient (Wildman–Crippen LogP) is 4.10. The maximum Gasteiger partial charge on any atom is 0.338 e. The molecule has 0 saturated carbocycles. The zero-order valence-electron chi connectivity index (χ0n) is 15.2. The third-order valence-corrected chi connectivity index (χ3v) is 4.90. The van der Waals surface area contributed by atoms with Crippen molar-refractivity contribution in [2.75, 3.05) is 13.7 Å². The van der Waals surface area contributed by atoms with E-state index < -0.39 is 12.0 Å². The molecule has 1 unspecified atom stereocenters. The topological polar surface area (TPSA) is 58.6 Å². The van der Waals surface area contributed by atoms with E-state index in [1.807, 2.05) is 30.3 Å². The summed E-state index contributed by atoms with van der Waals surface area (Å²) in [6.45, 7) is 2.01.